The Labute approximate surface area is 166 Å². The molecule has 144 valence electrons. The van der Waals surface area contributed by atoms with Gasteiger partial charge in [0.05, 0.1) is 16.8 Å². The molecule has 2 aromatic carbocycles. The fourth-order valence-corrected chi connectivity index (χ4v) is 4.46. The third kappa shape index (κ3) is 3.55. The van der Waals surface area contributed by atoms with Crippen LogP contribution in [0.1, 0.15) is 18.4 Å². The third-order valence-electron chi connectivity index (χ3n) is 5.04. The van der Waals surface area contributed by atoms with Gasteiger partial charge in [0.2, 0.25) is 5.91 Å². The van der Waals surface area contributed by atoms with Gasteiger partial charge >= 0.3 is 0 Å². The minimum atomic E-state index is 0.0532. The second-order valence-corrected chi connectivity index (χ2v) is 8.40. The number of fused-ring (bicyclic) bond motifs is 2. The molecule has 6 nitrogen and oxygen atoms in total. The summed E-state index contributed by atoms with van der Waals surface area (Å²) in [6, 6.07) is 12.1. The van der Waals surface area contributed by atoms with E-state index >= 15 is 0 Å². The highest BCUT2D eigenvalue weighted by Gasteiger charge is 2.26. The standard InChI is InChI=1S/C21H21N3O3S/c25-17-10-13(21-23-16-3-1-2-4-18(16)28-21)9-14-11-24(7-8-27-20(14)17)12-19(26)22-15-5-6-15/h1-4,9-10,15,25H,5-8,11-12H2,(H,22,26). The number of hydrogen-bond donors (Lipinski definition) is 2. The fourth-order valence-electron chi connectivity index (χ4n) is 3.51. The van der Waals surface area contributed by atoms with E-state index in [1.807, 2.05) is 30.3 Å². The molecule has 2 aliphatic rings. The first kappa shape index (κ1) is 17.5. The Morgan fingerprint density at radius 2 is 2.18 bits per heavy atom. The number of aromatic hydroxyl groups is 1. The van der Waals surface area contributed by atoms with Gasteiger partial charge in [0.25, 0.3) is 0 Å². The summed E-state index contributed by atoms with van der Waals surface area (Å²) in [7, 11) is 0. The minimum Gasteiger partial charge on any atom is -0.504 e. The summed E-state index contributed by atoms with van der Waals surface area (Å²) in [6.07, 6.45) is 2.16. The molecule has 0 bridgehead atoms. The Morgan fingerprint density at radius 3 is 3.00 bits per heavy atom. The summed E-state index contributed by atoms with van der Waals surface area (Å²) in [5.74, 6) is 0.684. The number of phenols is 1. The summed E-state index contributed by atoms with van der Waals surface area (Å²) < 4.78 is 6.91. The van der Waals surface area contributed by atoms with Crippen molar-refractivity contribution in [2.75, 3.05) is 19.7 Å². The van der Waals surface area contributed by atoms with E-state index in [1.165, 1.54) is 0 Å². The maximum absolute atomic E-state index is 12.2. The first-order valence-electron chi connectivity index (χ1n) is 9.52. The molecule has 0 atom stereocenters. The highest BCUT2D eigenvalue weighted by molar-refractivity contribution is 7.21. The quantitative estimate of drug-likeness (QED) is 0.710. The highest BCUT2D eigenvalue weighted by Crippen LogP contribution is 2.39. The smallest absolute Gasteiger partial charge is 0.234 e. The van der Waals surface area contributed by atoms with Crippen molar-refractivity contribution in [3.63, 3.8) is 0 Å². The van der Waals surface area contributed by atoms with Crippen LogP contribution in [0.3, 0.4) is 0 Å². The van der Waals surface area contributed by atoms with E-state index in [1.54, 1.807) is 17.4 Å². The van der Waals surface area contributed by atoms with Crippen molar-refractivity contribution >= 4 is 27.5 Å². The maximum atomic E-state index is 12.2. The predicted molar refractivity (Wildman–Crippen MR) is 109 cm³/mol. The molecule has 0 unspecified atom stereocenters. The number of aromatic nitrogens is 1. The second kappa shape index (κ2) is 7.07. The lowest BCUT2D eigenvalue weighted by Crippen LogP contribution is -2.38. The van der Waals surface area contributed by atoms with Gasteiger partial charge in [-0.15, -0.1) is 11.3 Å². The Morgan fingerprint density at radius 1 is 1.32 bits per heavy atom. The van der Waals surface area contributed by atoms with Gasteiger partial charge in [-0.1, -0.05) is 12.1 Å². The molecule has 2 N–H and O–H groups in total. The zero-order valence-corrected chi connectivity index (χ0v) is 16.2. The van der Waals surface area contributed by atoms with Crippen LogP contribution in [0.25, 0.3) is 20.8 Å². The Hall–Kier alpha value is -2.64. The van der Waals surface area contributed by atoms with Crippen molar-refractivity contribution in [2.45, 2.75) is 25.4 Å². The van der Waals surface area contributed by atoms with Crippen LogP contribution < -0.4 is 10.1 Å². The van der Waals surface area contributed by atoms with Crippen LogP contribution in [-0.2, 0) is 11.3 Å². The molecule has 7 heteroatoms. The number of thiazole rings is 1. The fraction of sp³-hybridized carbons (Fsp3) is 0.333. The van der Waals surface area contributed by atoms with Gasteiger partial charge in [0, 0.05) is 30.3 Å². The van der Waals surface area contributed by atoms with E-state index in [0.717, 1.165) is 39.2 Å². The predicted octanol–water partition coefficient (Wildman–Crippen LogP) is 3.14. The molecular formula is C21H21N3O3S. The molecule has 1 aromatic heterocycles. The Kier molecular flexibility index (Phi) is 4.41. The lowest BCUT2D eigenvalue weighted by Gasteiger charge is -2.18. The lowest BCUT2D eigenvalue weighted by atomic mass is 10.1. The molecule has 3 aromatic rings. The topological polar surface area (TPSA) is 74.7 Å². The summed E-state index contributed by atoms with van der Waals surface area (Å²) in [4.78, 5) is 18.9. The highest BCUT2D eigenvalue weighted by atomic mass is 32.1. The van der Waals surface area contributed by atoms with Gasteiger partial charge in [-0.25, -0.2) is 4.98 Å². The van der Waals surface area contributed by atoms with Gasteiger partial charge < -0.3 is 15.2 Å². The second-order valence-electron chi connectivity index (χ2n) is 7.37. The Bertz CT molecular complexity index is 1010. The van der Waals surface area contributed by atoms with Crippen molar-refractivity contribution < 1.29 is 14.6 Å². The molecule has 1 fully saturated rings. The molecule has 1 aliphatic heterocycles. The molecule has 5 rings (SSSR count). The van der Waals surface area contributed by atoms with E-state index in [9.17, 15) is 9.90 Å². The molecular weight excluding hydrogens is 374 g/mol. The average molecular weight is 395 g/mol. The molecule has 2 heterocycles. The molecule has 0 spiro atoms. The van der Waals surface area contributed by atoms with E-state index < -0.39 is 0 Å². The minimum absolute atomic E-state index is 0.0532. The summed E-state index contributed by atoms with van der Waals surface area (Å²) in [5, 5.41) is 14.4. The normalized spacial score (nSPS) is 17.0. The zero-order valence-electron chi connectivity index (χ0n) is 15.4. The van der Waals surface area contributed by atoms with Crippen LogP contribution in [0.2, 0.25) is 0 Å². The van der Waals surface area contributed by atoms with Gasteiger partial charge in [-0.3, -0.25) is 9.69 Å². The molecule has 1 amide bonds. The van der Waals surface area contributed by atoms with Gasteiger partial charge in [0.15, 0.2) is 11.5 Å². The maximum Gasteiger partial charge on any atom is 0.234 e. The van der Waals surface area contributed by atoms with Gasteiger partial charge in [0.1, 0.15) is 11.6 Å². The van der Waals surface area contributed by atoms with Gasteiger partial charge in [-0.2, -0.15) is 0 Å². The number of para-hydroxylation sites is 1. The van der Waals surface area contributed by atoms with Crippen LogP contribution in [0.4, 0.5) is 0 Å². The van der Waals surface area contributed by atoms with Crippen molar-refractivity contribution in [3.8, 4) is 22.1 Å². The van der Waals surface area contributed by atoms with Crippen molar-refractivity contribution in [1.82, 2.24) is 15.2 Å². The molecule has 0 radical (unpaired) electrons. The van der Waals surface area contributed by atoms with E-state index in [-0.39, 0.29) is 11.7 Å². The molecule has 1 aliphatic carbocycles. The van der Waals surface area contributed by atoms with Crippen LogP contribution in [0, 0.1) is 0 Å². The SMILES string of the molecule is O=C(CN1CCOc2c(O)cc(-c3nc4ccccc4s3)cc2C1)NC1CC1. The number of carbonyl (C=O) groups is 1. The van der Waals surface area contributed by atoms with Crippen LogP contribution in [0.15, 0.2) is 36.4 Å². The van der Waals surface area contributed by atoms with Crippen LogP contribution in [-0.4, -0.2) is 46.6 Å². The summed E-state index contributed by atoms with van der Waals surface area (Å²) in [6.45, 7) is 1.98. The zero-order chi connectivity index (χ0) is 19.1. The monoisotopic (exact) mass is 395 g/mol. The van der Waals surface area contributed by atoms with E-state index in [4.69, 9.17) is 9.72 Å². The number of amides is 1. The number of ether oxygens (including phenoxy) is 1. The third-order valence-corrected chi connectivity index (χ3v) is 6.13. The van der Waals surface area contributed by atoms with E-state index in [0.29, 0.717) is 38.0 Å². The first-order chi connectivity index (χ1) is 13.7. The largest absolute Gasteiger partial charge is 0.504 e. The molecule has 28 heavy (non-hydrogen) atoms. The first-order valence-corrected chi connectivity index (χ1v) is 10.3. The number of benzene rings is 2. The van der Waals surface area contributed by atoms with Crippen molar-refractivity contribution in [1.29, 1.82) is 0 Å². The number of rotatable bonds is 4. The lowest BCUT2D eigenvalue weighted by molar-refractivity contribution is -0.122. The average Bonchev–Trinajstić information content (AvgIpc) is 3.41. The van der Waals surface area contributed by atoms with Gasteiger partial charge in [-0.05, 0) is 37.1 Å². The number of phenolic OH excluding ortho intramolecular Hbond substituents is 1. The van der Waals surface area contributed by atoms with Crippen LogP contribution >= 0.6 is 11.3 Å². The number of carbonyl (C=O) groups excluding carboxylic acids is 1. The molecule has 1 saturated carbocycles. The van der Waals surface area contributed by atoms with Crippen molar-refractivity contribution in [3.05, 3.63) is 42.0 Å². The number of hydrogen-bond acceptors (Lipinski definition) is 6. The van der Waals surface area contributed by atoms with Crippen molar-refractivity contribution in [2.24, 2.45) is 0 Å². The Balaban J connectivity index is 1.43. The number of nitrogens with zero attached hydrogens (tertiary/aromatic N) is 2. The molecule has 0 saturated heterocycles. The summed E-state index contributed by atoms with van der Waals surface area (Å²) >= 11 is 1.60. The van der Waals surface area contributed by atoms with E-state index in [2.05, 4.69) is 10.2 Å². The summed E-state index contributed by atoms with van der Waals surface area (Å²) in [5.41, 5.74) is 2.70. The number of nitrogens with one attached hydrogen (secondary N) is 1. The van der Waals surface area contributed by atoms with Crippen LogP contribution in [0.5, 0.6) is 11.5 Å².